The van der Waals surface area contributed by atoms with Gasteiger partial charge in [-0.3, -0.25) is 14.9 Å². The Kier molecular flexibility index (Phi) is 10.6. The Morgan fingerprint density at radius 3 is 2.16 bits per heavy atom. The first-order valence-electron chi connectivity index (χ1n) is 13.0. The zero-order valence-corrected chi connectivity index (χ0v) is 24.4. The van der Waals surface area contributed by atoms with Crippen LogP contribution in [0, 0.1) is 21.4 Å². The van der Waals surface area contributed by atoms with E-state index in [1.807, 2.05) is 18.2 Å². The number of rotatable bonds is 12. The van der Waals surface area contributed by atoms with Gasteiger partial charge in [-0.15, -0.1) is 0 Å². The van der Waals surface area contributed by atoms with Gasteiger partial charge in [0.25, 0.3) is 11.6 Å². The minimum Gasteiger partial charge on any atom is -0.490 e. The molecule has 0 spiro atoms. The number of amides is 1. The third-order valence-electron chi connectivity index (χ3n) is 5.97. The van der Waals surface area contributed by atoms with E-state index < -0.39 is 10.8 Å². The number of carbonyl (C=O) groups is 1. The van der Waals surface area contributed by atoms with Crippen molar-refractivity contribution in [2.75, 3.05) is 11.9 Å². The molecule has 0 fully saturated rings. The van der Waals surface area contributed by atoms with E-state index in [2.05, 4.69) is 5.32 Å². The number of nitriles is 1. The lowest BCUT2D eigenvalue weighted by Crippen LogP contribution is -2.13. The summed E-state index contributed by atoms with van der Waals surface area (Å²) >= 11 is 12.4. The third kappa shape index (κ3) is 8.72. The van der Waals surface area contributed by atoms with Crippen LogP contribution in [0.25, 0.3) is 6.08 Å². The topological polar surface area (TPSA) is 124 Å². The van der Waals surface area contributed by atoms with Crippen molar-refractivity contribution in [1.82, 2.24) is 0 Å². The molecule has 0 aliphatic rings. The highest BCUT2D eigenvalue weighted by atomic mass is 35.5. The Balaban J connectivity index is 1.43. The molecule has 4 aromatic carbocycles. The monoisotopic (exact) mass is 617 g/mol. The van der Waals surface area contributed by atoms with E-state index in [1.54, 1.807) is 67.6 Å². The summed E-state index contributed by atoms with van der Waals surface area (Å²) in [6.07, 6.45) is 1.40. The normalized spacial score (nSPS) is 10.9. The number of halogens is 2. The maximum atomic E-state index is 12.9. The summed E-state index contributed by atoms with van der Waals surface area (Å²) in [4.78, 5) is 23.3. The highest BCUT2D eigenvalue weighted by molar-refractivity contribution is 6.32. The van der Waals surface area contributed by atoms with E-state index in [0.717, 1.165) is 5.56 Å². The number of nitro benzene ring substituents is 1. The molecule has 4 aromatic rings. The molecule has 0 aliphatic carbocycles. The van der Waals surface area contributed by atoms with Crippen LogP contribution >= 0.6 is 23.2 Å². The summed E-state index contributed by atoms with van der Waals surface area (Å²) in [7, 11) is 0. The molecule has 43 heavy (non-hydrogen) atoms. The molecular formula is C32H25Cl2N3O6. The van der Waals surface area contributed by atoms with Crippen molar-refractivity contribution in [3.63, 3.8) is 0 Å². The van der Waals surface area contributed by atoms with Crippen LogP contribution in [-0.4, -0.2) is 17.4 Å². The summed E-state index contributed by atoms with van der Waals surface area (Å²) < 4.78 is 17.3. The number of carbonyl (C=O) groups excluding carboxylic acids is 1. The Labute approximate surface area is 258 Å². The van der Waals surface area contributed by atoms with Gasteiger partial charge in [0.05, 0.1) is 16.6 Å². The molecule has 4 rings (SSSR count). The van der Waals surface area contributed by atoms with Crippen molar-refractivity contribution in [1.29, 1.82) is 5.26 Å². The molecule has 1 N–H and O–H groups in total. The minimum absolute atomic E-state index is 0.0264. The van der Waals surface area contributed by atoms with Crippen molar-refractivity contribution in [2.45, 2.75) is 20.1 Å². The zero-order chi connectivity index (χ0) is 30.8. The van der Waals surface area contributed by atoms with Crippen LogP contribution in [0.3, 0.4) is 0 Å². The fraction of sp³-hybridized carbons (Fsp3) is 0.125. The van der Waals surface area contributed by atoms with Crippen LogP contribution in [0.5, 0.6) is 17.2 Å². The number of nitrogens with one attached hydrogen (secondary N) is 1. The molecule has 0 heterocycles. The quantitative estimate of drug-likeness (QED) is 0.0738. The van der Waals surface area contributed by atoms with Gasteiger partial charge >= 0.3 is 0 Å². The molecule has 0 unspecified atom stereocenters. The first kappa shape index (κ1) is 30.9. The number of nitrogens with zero attached hydrogens (tertiary/aromatic N) is 2. The summed E-state index contributed by atoms with van der Waals surface area (Å²) in [5, 5.41) is 24.1. The number of anilines is 1. The number of hydrogen-bond acceptors (Lipinski definition) is 7. The minimum atomic E-state index is -0.607. The van der Waals surface area contributed by atoms with Crippen molar-refractivity contribution < 1.29 is 23.9 Å². The smallest absolute Gasteiger partial charge is 0.269 e. The molecule has 0 saturated heterocycles. The van der Waals surface area contributed by atoms with Crippen molar-refractivity contribution in [3.05, 3.63) is 127 Å². The first-order valence-corrected chi connectivity index (χ1v) is 13.7. The average Bonchev–Trinajstić information content (AvgIpc) is 3.00. The fourth-order valence-electron chi connectivity index (χ4n) is 3.84. The molecular weight excluding hydrogens is 593 g/mol. The van der Waals surface area contributed by atoms with Crippen LogP contribution in [0.2, 0.25) is 10.0 Å². The van der Waals surface area contributed by atoms with Gasteiger partial charge in [0.2, 0.25) is 0 Å². The number of ether oxygens (including phenoxy) is 3. The van der Waals surface area contributed by atoms with Gasteiger partial charge in [-0.25, -0.2) is 0 Å². The lowest BCUT2D eigenvalue weighted by Gasteiger charge is -2.15. The predicted molar refractivity (Wildman–Crippen MR) is 164 cm³/mol. The van der Waals surface area contributed by atoms with E-state index in [1.165, 1.54) is 18.2 Å². The van der Waals surface area contributed by atoms with Crippen molar-refractivity contribution >= 4 is 46.6 Å². The lowest BCUT2D eigenvalue weighted by molar-refractivity contribution is -0.384. The summed E-state index contributed by atoms with van der Waals surface area (Å²) in [5.41, 5.74) is 2.41. The molecule has 1 amide bonds. The van der Waals surface area contributed by atoms with Crippen molar-refractivity contribution in [2.24, 2.45) is 0 Å². The summed E-state index contributed by atoms with van der Waals surface area (Å²) in [6, 6.07) is 25.1. The third-order valence-corrected chi connectivity index (χ3v) is 6.50. The Morgan fingerprint density at radius 2 is 1.56 bits per heavy atom. The Morgan fingerprint density at radius 1 is 0.930 bits per heavy atom. The van der Waals surface area contributed by atoms with Gasteiger partial charge < -0.3 is 19.5 Å². The molecule has 0 atom stereocenters. The maximum Gasteiger partial charge on any atom is 0.269 e. The molecule has 9 nitrogen and oxygen atoms in total. The van der Waals surface area contributed by atoms with Crippen LogP contribution in [0.1, 0.15) is 23.6 Å². The van der Waals surface area contributed by atoms with E-state index in [-0.39, 0.29) is 28.6 Å². The van der Waals surface area contributed by atoms with Gasteiger partial charge in [0.1, 0.15) is 30.6 Å². The number of hydrogen-bond donors (Lipinski definition) is 1. The molecule has 0 saturated carbocycles. The van der Waals surface area contributed by atoms with Gasteiger partial charge in [0, 0.05) is 22.8 Å². The number of non-ortho nitro benzene ring substituents is 1. The Hall–Kier alpha value is -5.04. The van der Waals surface area contributed by atoms with Gasteiger partial charge in [-0.05, 0) is 90.4 Å². The highest BCUT2D eigenvalue weighted by Gasteiger charge is 2.16. The number of nitro groups is 1. The zero-order valence-electron chi connectivity index (χ0n) is 22.9. The second kappa shape index (κ2) is 14.7. The van der Waals surface area contributed by atoms with Crippen molar-refractivity contribution in [3.8, 4) is 23.3 Å². The van der Waals surface area contributed by atoms with Gasteiger partial charge in [-0.2, -0.15) is 5.26 Å². The Bertz CT molecular complexity index is 1670. The second-order valence-electron chi connectivity index (χ2n) is 9.04. The van der Waals surface area contributed by atoms with Crippen LogP contribution in [-0.2, 0) is 18.0 Å². The van der Waals surface area contributed by atoms with E-state index in [0.29, 0.717) is 46.5 Å². The lowest BCUT2D eigenvalue weighted by atomic mass is 10.1. The first-order chi connectivity index (χ1) is 20.7. The standard InChI is InChI=1S/C32H25Cl2N3O6/c1-2-41-30-17-23(16-29(34)31(30)43-20-22-5-11-27(12-6-22)37(39)40)15-24(18-35)32(38)36-26-9-13-28(14-10-26)42-19-21-3-7-25(33)8-4-21/h3-17H,2,19-20H2,1H3,(H,36,38)/b24-15+. The fourth-order valence-corrected chi connectivity index (χ4v) is 4.24. The SMILES string of the molecule is CCOc1cc(/C=C(\C#N)C(=O)Nc2ccc(OCc3ccc(Cl)cc3)cc2)cc(Cl)c1OCc1ccc([N+](=O)[O-])cc1. The highest BCUT2D eigenvalue weighted by Crippen LogP contribution is 2.38. The molecule has 0 radical (unpaired) electrons. The summed E-state index contributed by atoms with van der Waals surface area (Å²) in [5.74, 6) is 0.582. The molecule has 218 valence electrons. The second-order valence-corrected chi connectivity index (χ2v) is 9.88. The average molecular weight is 618 g/mol. The predicted octanol–water partition coefficient (Wildman–Crippen LogP) is 8.00. The van der Waals surface area contributed by atoms with E-state index in [9.17, 15) is 20.2 Å². The van der Waals surface area contributed by atoms with Crippen LogP contribution in [0.4, 0.5) is 11.4 Å². The van der Waals surface area contributed by atoms with Crippen LogP contribution < -0.4 is 19.5 Å². The van der Waals surface area contributed by atoms with Gasteiger partial charge in [0.15, 0.2) is 11.5 Å². The summed E-state index contributed by atoms with van der Waals surface area (Å²) in [6.45, 7) is 2.54. The largest absolute Gasteiger partial charge is 0.490 e. The molecule has 11 heteroatoms. The van der Waals surface area contributed by atoms with Gasteiger partial charge in [-0.1, -0.05) is 35.3 Å². The molecule has 0 aliphatic heterocycles. The molecule has 0 aromatic heterocycles. The number of benzene rings is 4. The van der Waals surface area contributed by atoms with E-state index >= 15 is 0 Å². The van der Waals surface area contributed by atoms with E-state index in [4.69, 9.17) is 37.4 Å². The molecule has 0 bridgehead atoms. The maximum absolute atomic E-state index is 12.9. The van der Waals surface area contributed by atoms with Crippen LogP contribution in [0.15, 0.2) is 90.5 Å².